The van der Waals surface area contributed by atoms with Crippen LogP contribution in [-0.2, 0) is 6.42 Å². The average Bonchev–Trinajstić information content (AvgIpc) is 2.80. The second-order valence-electron chi connectivity index (χ2n) is 4.54. The van der Waals surface area contributed by atoms with Gasteiger partial charge in [0.05, 0.1) is 4.92 Å². The van der Waals surface area contributed by atoms with Gasteiger partial charge in [0.2, 0.25) is 5.82 Å². The average molecular weight is 276 g/mol. The first kappa shape index (κ1) is 12.5. The summed E-state index contributed by atoms with van der Waals surface area (Å²) in [4.78, 5) is 11.9. The zero-order chi connectivity index (χ0) is 14.3. The Bertz CT molecular complexity index is 704. The lowest BCUT2D eigenvalue weighted by atomic mass is 10.1. The molecule has 1 aliphatic heterocycles. The molecule has 0 fully saturated rings. The smallest absolute Gasteiger partial charge is 0.328 e. The number of anilines is 2. The Hall–Kier alpha value is -2.50. The van der Waals surface area contributed by atoms with Gasteiger partial charge in [-0.05, 0) is 36.2 Å². The molecule has 4 nitrogen and oxygen atoms in total. The number of halogens is 2. The van der Waals surface area contributed by atoms with Crippen molar-refractivity contribution in [3.8, 4) is 0 Å². The van der Waals surface area contributed by atoms with Gasteiger partial charge in [0.1, 0.15) is 11.5 Å². The van der Waals surface area contributed by atoms with Crippen LogP contribution in [0.3, 0.4) is 0 Å². The third-order valence-corrected chi connectivity index (χ3v) is 3.38. The molecule has 2 aromatic rings. The number of nitrogens with zero attached hydrogens (tertiary/aromatic N) is 2. The summed E-state index contributed by atoms with van der Waals surface area (Å²) in [7, 11) is 0. The fourth-order valence-corrected chi connectivity index (χ4v) is 2.51. The molecule has 0 aliphatic carbocycles. The van der Waals surface area contributed by atoms with Gasteiger partial charge in [-0.1, -0.05) is 12.1 Å². The summed E-state index contributed by atoms with van der Waals surface area (Å²) in [6.45, 7) is 0.461. The van der Waals surface area contributed by atoms with E-state index in [2.05, 4.69) is 0 Å². The molecular formula is C14H10F2N2O2. The van der Waals surface area contributed by atoms with E-state index < -0.39 is 22.2 Å². The predicted molar refractivity (Wildman–Crippen MR) is 70.2 cm³/mol. The van der Waals surface area contributed by atoms with Crippen LogP contribution >= 0.6 is 0 Å². The van der Waals surface area contributed by atoms with Crippen molar-refractivity contribution in [1.29, 1.82) is 0 Å². The van der Waals surface area contributed by atoms with Gasteiger partial charge in [-0.25, -0.2) is 4.39 Å². The standard InChI is InChI=1S/C14H10F2N2O2/c15-10-5-4-9-6-7-17(13(9)8-10)12-3-1-2-11(16)14(12)18(19)20/h1-5,8H,6-7H2. The molecular weight excluding hydrogens is 266 g/mol. The summed E-state index contributed by atoms with van der Waals surface area (Å²) >= 11 is 0. The SMILES string of the molecule is O=[N+]([O-])c1c(F)cccc1N1CCc2ccc(F)cc21. The number of hydrogen-bond donors (Lipinski definition) is 0. The number of fused-ring (bicyclic) bond motifs is 1. The van der Waals surface area contributed by atoms with Gasteiger partial charge < -0.3 is 4.90 Å². The molecule has 1 heterocycles. The Morgan fingerprint density at radius 1 is 1.15 bits per heavy atom. The minimum atomic E-state index is -0.891. The van der Waals surface area contributed by atoms with E-state index in [-0.39, 0.29) is 5.69 Å². The first-order valence-electron chi connectivity index (χ1n) is 6.07. The minimum absolute atomic E-state index is 0.152. The van der Waals surface area contributed by atoms with E-state index in [1.807, 2.05) is 0 Å². The van der Waals surface area contributed by atoms with Gasteiger partial charge in [0.25, 0.3) is 0 Å². The summed E-state index contributed by atoms with van der Waals surface area (Å²) < 4.78 is 27.0. The lowest BCUT2D eigenvalue weighted by Gasteiger charge is -2.19. The van der Waals surface area contributed by atoms with E-state index in [9.17, 15) is 18.9 Å². The third kappa shape index (κ3) is 1.89. The molecule has 3 rings (SSSR count). The highest BCUT2D eigenvalue weighted by atomic mass is 19.1. The van der Waals surface area contributed by atoms with Crippen molar-refractivity contribution in [2.75, 3.05) is 11.4 Å². The van der Waals surface area contributed by atoms with Crippen LogP contribution in [0.15, 0.2) is 36.4 Å². The van der Waals surface area contributed by atoms with Crippen molar-refractivity contribution in [3.05, 3.63) is 63.7 Å². The molecule has 0 radical (unpaired) electrons. The van der Waals surface area contributed by atoms with Crippen molar-refractivity contribution >= 4 is 17.1 Å². The third-order valence-electron chi connectivity index (χ3n) is 3.38. The Morgan fingerprint density at radius 3 is 2.70 bits per heavy atom. The quantitative estimate of drug-likeness (QED) is 0.622. The van der Waals surface area contributed by atoms with Crippen molar-refractivity contribution in [2.24, 2.45) is 0 Å². The van der Waals surface area contributed by atoms with Crippen LogP contribution in [0.2, 0.25) is 0 Å². The number of benzene rings is 2. The second-order valence-corrected chi connectivity index (χ2v) is 4.54. The van der Waals surface area contributed by atoms with E-state index in [4.69, 9.17) is 0 Å². The van der Waals surface area contributed by atoms with E-state index in [0.717, 1.165) is 11.6 Å². The lowest BCUT2D eigenvalue weighted by molar-refractivity contribution is -0.386. The highest BCUT2D eigenvalue weighted by molar-refractivity contribution is 5.76. The monoisotopic (exact) mass is 276 g/mol. The Kier molecular flexibility index (Phi) is 2.85. The fourth-order valence-electron chi connectivity index (χ4n) is 2.51. The van der Waals surface area contributed by atoms with E-state index in [1.165, 1.54) is 24.3 Å². The maximum absolute atomic E-state index is 13.7. The molecule has 0 unspecified atom stereocenters. The van der Waals surface area contributed by atoms with Gasteiger partial charge in [-0.15, -0.1) is 0 Å². The summed E-state index contributed by atoms with van der Waals surface area (Å²) in [5.74, 6) is -1.31. The molecule has 0 saturated heterocycles. The molecule has 0 N–H and O–H groups in total. The molecule has 1 aliphatic rings. The van der Waals surface area contributed by atoms with Gasteiger partial charge in [0, 0.05) is 12.2 Å². The topological polar surface area (TPSA) is 46.4 Å². The highest BCUT2D eigenvalue weighted by Crippen LogP contribution is 2.40. The van der Waals surface area contributed by atoms with Gasteiger partial charge >= 0.3 is 5.69 Å². The summed E-state index contributed by atoms with van der Waals surface area (Å²) in [6, 6.07) is 8.25. The number of para-hydroxylation sites is 1. The first-order chi connectivity index (χ1) is 9.58. The van der Waals surface area contributed by atoms with Crippen LogP contribution in [0.5, 0.6) is 0 Å². The predicted octanol–water partition coefficient (Wildman–Crippen LogP) is 3.57. The van der Waals surface area contributed by atoms with Gasteiger partial charge in [-0.3, -0.25) is 10.1 Å². The summed E-state index contributed by atoms with van der Waals surface area (Å²) in [6.07, 6.45) is 0.642. The van der Waals surface area contributed by atoms with Crippen molar-refractivity contribution in [3.63, 3.8) is 0 Å². The highest BCUT2D eigenvalue weighted by Gasteiger charge is 2.29. The van der Waals surface area contributed by atoms with Crippen LogP contribution in [0.25, 0.3) is 0 Å². The maximum atomic E-state index is 13.7. The van der Waals surface area contributed by atoms with Crippen LogP contribution in [-0.4, -0.2) is 11.5 Å². The lowest BCUT2D eigenvalue weighted by Crippen LogP contribution is -2.15. The number of nitro benzene ring substituents is 1. The molecule has 0 spiro atoms. The Labute approximate surface area is 113 Å². The van der Waals surface area contributed by atoms with E-state index in [0.29, 0.717) is 18.7 Å². The van der Waals surface area contributed by atoms with Crippen molar-refractivity contribution < 1.29 is 13.7 Å². The van der Waals surface area contributed by atoms with Crippen LogP contribution in [0.1, 0.15) is 5.56 Å². The number of hydrogen-bond acceptors (Lipinski definition) is 3. The van der Waals surface area contributed by atoms with Crippen LogP contribution in [0, 0.1) is 21.7 Å². The normalized spacial score (nSPS) is 13.4. The Balaban J connectivity index is 2.16. The van der Waals surface area contributed by atoms with Crippen molar-refractivity contribution in [2.45, 2.75) is 6.42 Å². The van der Waals surface area contributed by atoms with E-state index >= 15 is 0 Å². The molecule has 6 heteroatoms. The fraction of sp³-hybridized carbons (Fsp3) is 0.143. The minimum Gasteiger partial charge on any atom is -0.335 e. The molecule has 2 aromatic carbocycles. The van der Waals surface area contributed by atoms with E-state index in [1.54, 1.807) is 11.0 Å². The van der Waals surface area contributed by atoms with Gasteiger partial charge in [-0.2, -0.15) is 4.39 Å². The number of rotatable bonds is 2. The molecule has 0 aromatic heterocycles. The molecule has 0 saturated carbocycles. The molecule has 0 bridgehead atoms. The number of nitro groups is 1. The zero-order valence-corrected chi connectivity index (χ0v) is 10.3. The zero-order valence-electron chi connectivity index (χ0n) is 10.3. The molecule has 0 atom stereocenters. The van der Waals surface area contributed by atoms with Crippen molar-refractivity contribution in [1.82, 2.24) is 0 Å². The summed E-state index contributed by atoms with van der Waals surface area (Å²) in [5.41, 5.74) is 1.02. The van der Waals surface area contributed by atoms with Crippen LogP contribution < -0.4 is 4.90 Å². The van der Waals surface area contributed by atoms with Crippen LogP contribution in [0.4, 0.5) is 25.8 Å². The Morgan fingerprint density at radius 2 is 1.95 bits per heavy atom. The first-order valence-corrected chi connectivity index (χ1v) is 6.07. The largest absolute Gasteiger partial charge is 0.335 e. The molecule has 20 heavy (non-hydrogen) atoms. The second kappa shape index (κ2) is 4.56. The molecule has 0 amide bonds. The molecule has 102 valence electrons. The summed E-state index contributed by atoms with van der Waals surface area (Å²) in [5, 5.41) is 11.0. The van der Waals surface area contributed by atoms with Gasteiger partial charge in [0.15, 0.2) is 0 Å². The maximum Gasteiger partial charge on any atom is 0.328 e.